The van der Waals surface area contributed by atoms with E-state index in [2.05, 4.69) is 5.32 Å². The molecule has 0 radical (unpaired) electrons. The summed E-state index contributed by atoms with van der Waals surface area (Å²) in [5, 5.41) is 2.32. The summed E-state index contributed by atoms with van der Waals surface area (Å²) in [4.78, 5) is 23.7. The highest BCUT2D eigenvalue weighted by atomic mass is 31.2. The lowest BCUT2D eigenvalue weighted by Crippen LogP contribution is -2.41. The van der Waals surface area contributed by atoms with Crippen LogP contribution in [0.4, 0.5) is 13.6 Å². The average molecular weight is 540 g/mol. The summed E-state index contributed by atoms with van der Waals surface area (Å²) in [7, 11) is 2.17. The van der Waals surface area contributed by atoms with Crippen LogP contribution in [0.2, 0.25) is 0 Å². The van der Waals surface area contributed by atoms with Crippen LogP contribution in [0.1, 0.15) is 6.42 Å². The first kappa shape index (κ1) is 28.1. The Morgan fingerprint density at radius 3 is 2.03 bits per heavy atom. The number of carbonyl (C=O) groups excluding carboxylic acids is 2. The SMILES string of the molecule is CNC(=O)N(/C=C\C=O)C1CC(F)(F)C(COP(Oc2ccc(OC)cc2)Oc2ccc(OC)cc2)O1. The zero-order chi connectivity index (χ0) is 26.8. The molecule has 200 valence electrons. The molecule has 2 atom stereocenters. The number of hydrogen-bond donors (Lipinski definition) is 1. The van der Waals surface area contributed by atoms with Crippen LogP contribution in [0.15, 0.2) is 60.8 Å². The number of urea groups is 1. The van der Waals surface area contributed by atoms with Gasteiger partial charge < -0.3 is 28.6 Å². The third kappa shape index (κ3) is 7.75. The third-order valence-corrected chi connectivity index (χ3v) is 6.21. The summed E-state index contributed by atoms with van der Waals surface area (Å²) in [6.45, 7) is -0.597. The Hall–Kier alpha value is -3.47. The molecule has 37 heavy (non-hydrogen) atoms. The minimum absolute atomic E-state index is 0.363. The van der Waals surface area contributed by atoms with Crippen LogP contribution in [-0.4, -0.2) is 63.3 Å². The number of nitrogens with one attached hydrogen (secondary N) is 1. The van der Waals surface area contributed by atoms with Gasteiger partial charge >= 0.3 is 14.6 Å². The number of benzene rings is 2. The van der Waals surface area contributed by atoms with Crippen molar-refractivity contribution >= 4 is 20.9 Å². The molecule has 3 rings (SSSR count). The van der Waals surface area contributed by atoms with Crippen LogP contribution >= 0.6 is 8.60 Å². The van der Waals surface area contributed by atoms with E-state index in [4.69, 9.17) is 27.8 Å². The minimum Gasteiger partial charge on any atom is -0.497 e. The van der Waals surface area contributed by atoms with Gasteiger partial charge in [0, 0.05) is 13.2 Å². The maximum absolute atomic E-state index is 14.8. The lowest BCUT2D eigenvalue weighted by atomic mass is 10.1. The second kappa shape index (κ2) is 13.2. The van der Waals surface area contributed by atoms with Crippen molar-refractivity contribution < 1.29 is 46.2 Å². The number of hydrogen-bond acceptors (Lipinski definition) is 8. The normalized spacial score (nSPS) is 18.4. The van der Waals surface area contributed by atoms with E-state index in [0.29, 0.717) is 29.3 Å². The van der Waals surface area contributed by atoms with Crippen molar-refractivity contribution in [2.24, 2.45) is 0 Å². The number of carbonyl (C=O) groups is 2. The molecule has 1 fully saturated rings. The third-order valence-electron chi connectivity index (χ3n) is 5.13. The van der Waals surface area contributed by atoms with Crippen LogP contribution < -0.4 is 23.8 Å². The van der Waals surface area contributed by atoms with Crippen LogP contribution in [0.25, 0.3) is 0 Å². The number of ether oxygens (including phenoxy) is 3. The van der Waals surface area contributed by atoms with E-state index >= 15 is 0 Å². The highest BCUT2D eigenvalue weighted by molar-refractivity contribution is 7.42. The lowest BCUT2D eigenvalue weighted by molar-refractivity contribution is -0.104. The molecule has 0 saturated carbocycles. The second-order valence-electron chi connectivity index (χ2n) is 7.54. The van der Waals surface area contributed by atoms with Gasteiger partial charge in [-0.1, -0.05) is 0 Å². The molecule has 10 nitrogen and oxygen atoms in total. The first-order valence-electron chi connectivity index (χ1n) is 11.0. The summed E-state index contributed by atoms with van der Waals surface area (Å²) in [6.07, 6.45) is -1.33. The molecule has 1 saturated heterocycles. The van der Waals surface area contributed by atoms with E-state index in [0.717, 1.165) is 17.2 Å². The van der Waals surface area contributed by atoms with Gasteiger partial charge in [0.1, 0.15) is 41.6 Å². The monoisotopic (exact) mass is 540 g/mol. The first-order chi connectivity index (χ1) is 17.8. The molecule has 0 aromatic heterocycles. The van der Waals surface area contributed by atoms with Crippen LogP contribution in [0.3, 0.4) is 0 Å². The molecular weight excluding hydrogens is 513 g/mol. The number of rotatable bonds is 12. The van der Waals surface area contributed by atoms with E-state index < -0.39 is 45.9 Å². The summed E-state index contributed by atoms with van der Waals surface area (Å²) in [5.74, 6) is -1.41. The minimum atomic E-state index is -3.34. The Bertz CT molecular complexity index is 1010. The quantitative estimate of drug-likeness (QED) is 0.238. The van der Waals surface area contributed by atoms with Gasteiger partial charge in [0.2, 0.25) is 0 Å². The zero-order valence-electron chi connectivity index (χ0n) is 20.3. The second-order valence-corrected chi connectivity index (χ2v) is 8.61. The molecule has 2 aromatic rings. The highest BCUT2D eigenvalue weighted by Gasteiger charge is 2.53. The molecule has 0 aliphatic carbocycles. The van der Waals surface area contributed by atoms with Gasteiger partial charge in [-0.05, 0) is 54.6 Å². The molecule has 2 amide bonds. The molecule has 1 N–H and O–H groups in total. The Kier molecular flexibility index (Phi) is 10.0. The Morgan fingerprint density at radius 2 is 1.57 bits per heavy atom. The van der Waals surface area contributed by atoms with E-state index in [1.54, 1.807) is 48.5 Å². The number of alkyl halides is 2. The molecule has 1 aliphatic heterocycles. The van der Waals surface area contributed by atoms with Gasteiger partial charge in [-0.25, -0.2) is 13.6 Å². The van der Waals surface area contributed by atoms with Crippen LogP contribution in [-0.2, 0) is 14.1 Å². The van der Waals surface area contributed by atoms with Crippen LogP contribution in [0.5, 0.6) is 23.0 Å². The van der Waals surface area contributed by atoms with Crippen molar-refractivity contribution in [1.29, 1.82) is 0 Å². The summed E-state index contributed by atoms with van der Waals surface area (Å²) >= 11 is 0. The van der Waals surface area contributed by atoms with Crippen molar-refractivity contribution in [1.82, 2.24) is 10.2 Å². The number of methoxy groups -OCH3 is 2. The predicted octanol–water partition coefficient (Wildman–Crippen LogP) is 4.51. The van der Waals surface area contributed by atoms with Crippen molar-refractivity contribution in [3.63, 3.8) is 0 Å². The highest BCUT2D eigenvalue weighted by Crippen LogP contribution is 2.45. The number of aldehydes is 1. The van der Waals surface area contributed by atoms with Gasteiger partial charge in [-0.2, -0.15) is 0 Å². The van der Waals surface area contributed by atoms with Gasteiger partial charge in [-0.15, -0.1) is 0 Å². The lowest BCUT2D eigenvalue weighted by Gasteiger charge is -2.24. The first-order valence-corrected chi connectivity index (χ1v) is 12.1. The Balaban J connectivity index is 1.73. The van der Waals surface area contributed by atoms with Crippen molar-refractivity contribution in [3.05, 3.63) is 60.8 Å². The molecule has 2 aromatic carbocycles. The molecule has 1 aliphatic rings. The largest absolute Gasteiger partial charge is 0.497 e. The molecule has 2 unspecified atom stereocenters. The van der Waals surface area contributed by atoms with Crippen molar-refractivity contribution in [3.8, 4) is 23.0 Å². The van der Waals surface area contributed by atoms with Crippen molar-refractivity contribution in [2.45, 2.75) is 24.7 Å². The van der Waals surface area contributed by atoms with Gasteiger partial charge in [0.05, 0.1) is 27.2 Å². The standard InChI is InChI=1S/C24H27F2N2O8P/c1-27-23(30)28(13-4-14-29)22-15-24(25,26)21(34-22)16-33-37(35-19-9-5-17(31-2)6-10-19)36-20-11-7-18(32-3)8-12-20/h4-14,21-22H,15-16H2,1-3H3,(H,27,30)/b13-4-. The summed E-state index contributed by atoms with van der Waals surface area (Å²) < 4.78 is 62.6. The maximum atomic E-state index is 14.8. The van der Waals surface area contributed by atoms with E-state index in [-0.39, 0.29) is 0 Å². The zero-order valence-corrected chi connectivity index (χ0v) is 21.2. The summed E-state index contributed by atoms with van der Waals surface area (Å²) in [5.41, 5.74) is 0. The molecule has 1 heterocycles. The fourth-order valence-electron chi connectivity index (χ4n) is 3.22. The molecule has 0 bridgehead atoms. The molecule has 13 heteroatoms. The Labute approximate surface area is 214 Å². The molecule has 0 spiro atoms. The average Bonchev–Trinajstić information content (AvgIpc) is 3.21. The number of nitrogens with zero attached hydrogens (tertiary/aromatic N) is 1. The van der Waals surface area contributed by atoms with Gasteiger partial charge in [-0.3, -0.25) is 14.2 Å². The van der Waals surface area contributed by atoms with E-state index in [1.807, 2.05) is 0 Å². The van der Waals surface area contributed by atoms with Crippen LogP contribution in [0, 0.1) is 0 Å². The number of amides is 2. The fourth-order valence-corrected chi connectivity index (χ4v) is 4.21. The van der Waals surface area contributed by atoms with Gasteiger partial charge in [0.25, 0.3) is 5.92 Å². The van der Waals surface area contributed by atoms with E-state index in [9.17, 15) is 18.4 Å². The number of allylic oxidation sites excluding steroid dienone is 1. The maximum Gasteiger partial charge on any atom is 0.463 e. The van der Waals surface area contributed by atoms with Crippen molar-refractivity contribution in [2.75, 3.05) is 27.9 Å². The Morgan fingerprint density at radius 1 is 1.05 bits per heavy atom. The fraction of sp³-hybridized carbons (Fsp3) is 0.333. The van der Waals surface area contributed by atoms with Gasteiger partial charge in [0.15, 0.2) is 0 Å². The summed E-state index contributed by atoms with van der Waals surface area (Å²) in [6, 6.07) is 12.4. The predicted molar refractivity (Wildman–Crippen MR) is 130 cm³/mol. The smallest absolute Gasteiger partial charge is 0.463 e. The van der Waals surface area contributed by atoms with E-state index in [1.165, 1.54) is 21.3 Å². The number of halogens is 2. The molecular formula is C24H27F2N2O8P. The topological polar surface area (TPSA) is 105 Å².